The molecule has 1 aromatic carbocycles. The molecule has 0 fully saturated rings. The third-order valence-corrected chi connectivity index (χ3v) is 2.86. The molecule has 77 valence electrons. The number of imidazole rings is 1. The Morgan fingerprint density at radius 3 is 2.69 bits per heavy atom. The smallest absolute Gasteiger partial charge is 0.138 e. The topological polar surface area (TPSA) is 17.3 Å². The van der Waals surface area contributed by atoms with Crippen molar-refractivity contribution in [3.8, 4) is 11.3 Å². The normalized spacial score (nSPS) is 10.8. The van der Waals surface area contributed by atoms with Crippen LogP contribution in [0.2, 0.25) is 0 Å². The minimum absolute atomic E-state index is 0.874. The lowest BCUT2D eigenvalue weighted by Gasteiger charge is -1.91. The van der Waals surface area contributed by atoms with Gasteiger partial charge in [-0.15, -0.1) is 0 Å². The monoisotopic (exact) mass is 271 g/mol. The van der Waals surface area contributed by atoms with Gasteiger partial charge in [-0.1, -0.05) is 30.3 Å². The predicted octanol–water partition coefficient (Wildman–Crippen LogP) is 3.56. The predicted molar refractivity (Wildman–Crippen MR) is 67.2 cm³/mol. The quantitative estimate of drug-likeness (QED) is 0.662. The number of halogens is 1. The van der Waals surface area contributed by atoms with Crippen molar-refractivity contribution < 1.29 is 0 Å². The van der Waals surface area contributed by atoms with Gasteiger partial charge in [0.25, 0.3) is 0 Å². The van der Waals surface area contributed by atoms with E-state index in [0.29, 0.717) is 0 Å². The van der Waals surface area contributed by atoms with E-state index in [0.717, 1.165) is 21.4 Å². The van der Waals surface area contributed by atoms with E-state index >= 15 is 0 Å². The van der Waals surface area contributed by atoms with E-state index < -0.39 is 0 Å². The molecule has 0 aliphatic heterocycles. The van der Waals surface area contributed by atoms with Crippen molar-refractivity contribution in [1.82, 2.24) is 9.38 Å². The highest BCUT2D eigenvalue weighted by molar-refractivity contribution is 9.10. The van der Waals surface area contributed by atoms with Crippen LogP contribution >= 0.6 is 15.9 Å². The Labute approximate surface area is 102 Å². The van der Waals surface area contributed by atoms with Gasteiger partial charge in [0.1, 0.15) is 5.65 Å². The lowest BCUT2D eigenvalue weighted by Crippen LogP contribution is -1.80. The first kappa shape index (κ1) is 9.60. The van der Waals surface area contributed by atoms with Crippen molar-refractivity contribution in [3.05, 3.63) is 59.3 Å². The second kappa shape index (κ2) is 3.76. The molecule has 0 spiro atoms. The Hall–Kier alpha value is -1.61. The number of pyridine rings is 1. The summed E-state index contributed by atoms with van der Waals surface area (Å²) >= 11 is 3.43. The van der Waals surface area contributed by atoms with Crippen LogP contribution in [0.1, 0.15) is 0 Å². The molecule has 0 aliphatic carbocycles. The maximum atomic E-state index is 4.51. The molecule has 0 unspecified atom stereocenters. The van der Waals surface area contributed by atoms with Crippen LogP contribution in [0.25, 0.3) is 16.9 Å². The molecule has 2 nitrogen and oxygen atoms in total. The van der Waals surface area contributed by atoms with Gasteiger partial charge in [-0.2, -0.15) is 0 Å². The standard InChI is InChI=1S/C13H8BrN2/c14-11-6-7-13-15-12(9-16(13)8-11)10-4-2-1-3-5-10/h1-8H. The van der Waals surface area contributed by atoms with Crippen LogP contribution in [-0.2, 0) is 0 Å². The molecule has 2 heterocycles. The molecule has 0 saturated heterocycles. The molecule has 3 aromatic rings. The summed E-state index contributed by atoms with van der Waals surface area (Å²) in [4.78, 5) is 4.51. The maximum absolute atomic E-state index is 4.51. The zero-order valence-electron chi connectivity index (χ0n) is 8.39. The molecule has 2 aromatic heterocycles. The van der Waals surface area contributed by atoms with Gasteiger partial charge in [0.05, 0.1) is 11.9 Å². The molecule has 3 rings (SSSR count). The highest BCUT2D eigenvalue weighted by Crippen LogP contribution is 2.19. The van der Waals surface area contributed by atoms with E-state index in [-0.39, 0.29) is 0 Å². The van der Waals surface area contributed by atoms with Crippen LogP contribution in [0.15, 0.2) is 53.1 Å². The van der Waals surface area contributed by atoms with Gasteiger partial charge in [-0.05, 0) is 28.1 Å². The lowest BCUT2D eigenvalue weighted by atomic mass is 10.2. The summed E-state index contributed by atoms with van der Waals surface area (Å²) in [6, 6.07) is 14.0. The molecule has 1 radical (unpaired) electrons. The first-order chi connectivity index (χ1) is 7.83. The van der Waals surface area contributed by atoms with Gasteiger partial charge in [0.15, 0.2) is 0 Å². The molecule has 0 bridgehead atoms. The molecule has 16 heavy (non-hydrogen) atoms. The highest BCUT2D eigenvalue weighted by atomic mass is 79.9. The zero-order valence-corrected chi connectivity index (χ0v) is 9.98. The number of nitrogens with zero attached hydrogens (tertiary/aromatic N) is 2. The van der Waals surface area contributed by atoms with Crippen molar-refractivity contribution in [1.29, 1.82) is 0 Å². The van der Waals surface area contributed by atoms with E-state index in [4.69, 9.17) is 0 Å². The molecule has 0 saturated carbocycles. The minimum Gasteiger partial charge on any atom is -0.296 e. The van der Waals surface area contributed by atoms with Gasteiger partial charge in [0.2, 0.25) is 0 Å². The van der Waals surface area contributed by atoms with E-state index in [1.165, 1.54) is 0 Å². The summed E-state index contributed by atoms with van der Waals surface area (Å²) in [7, 11) is 0. The van der Waals surface area contributed by atoms with Crippen molar-refractivity contribution in [2.75, 3.05) is 0 Å². The lowest BCUT2D eigenvalue weighted by molar-refractivity contribution is 1.16. The fraction of sp³-hybridized carbons (Fsp3) is 0. The Bertz CT molecular complexity index is 629. The summed E-state index contributed by atoms with van der Waals surface area (Å²) in [5.74, 6) is 0. The van der Waals surface area contributed by atoms with Crippen LogP contribution in [0, 0.1) is 6.20 Å². The van der Waals surface area contributed by atoms with Crippen LogP contribution in [0.5, 0.6) is 0 Å². The number of hydrogen-bond donors (Lipinski definition) is 0. The second-order valence-electron chi connectivity index (χ2n) is 3.51. The molecular weight excluding hydrogens is 264 g/mol. The van der Waals surface area contributed by atoms with E-state index in [9.17, 15) is 0 Å². The molecule has 0 N–H and O–H groups in total. The number of fused-ring (bicyclic) bond motifs is 1. The van der Waals surface area contributed by atoms with Gasteiger partial charge < -0.3 is 0 Å². The number of benzene rings is 1. The van der Waals surface area contributed by atoms with Crippen molar-refractivity contribution in [3.63, 3.8) is 0 Å². The third-order valence-electron chi connectivity index (χ3n) is 2.39. The molecule has 3 heteroatoms. The molecule has 0 aliphatic rings. The van der Waals surface area contributed by atoms with Gasteiger partial charge in [0, 0.05) is 16.2 Å². The molecular formula is C13H8BrN2. The van der Waals surface area contributed by atoms with Crippen LogP contribution < -0.4 is 0 Å². The average molecular weight is 272 g/mol. The van der Waals surface area contributed by atoms with Crippen LogP contribution in [-0.4, -0.2) is 9.38 Å². The fourth-order valence-corrected chi connectivity index (χ4v) is 1.96. The highest BCUT2D eigenvalue weighted by Gasteiger charge is 2.04. The van der Waals surface area contributed by atoms with Crippen LogP contribution in [0.4, 0.5) is 0 Å². The Morgan fingerprint density at radius 2 is 1.88 bits per heavy atom. The average Bonchev–Trinajstić information content (AvgIpc) is 2.73. The van der Waals surface area contributed by atoms with Gasteiger partial charge in [-0.3, -0.25) is 4.40 Å². The number of rotatable bonds is 1. The largest absolute Gasteiger partial charge is 0.296 e. The van der Waals surface area contributed by atoms with Crippen molar-refractivity contribution in [2.45, 2.75) is 0 Å². The first-order valence-corrected chi connectivity index (χ1v) is 5.74. The van der Waals surface area contributed by atoms with E-state index in [1.54, 1.807) is 0 Å². The molecule has 0 atom stereocenters. The van der Waals surface area contributed by atoms with E-state index in [1.807, 2.05) is 53.1 Å². The summed E-state index contributed by atoms with van der Waals surface area (Å²) in [6.45, 7) is 0. The van der Waals surface area contributed by atoms with Gasteiger partial charge in [-0.25, -0.2) is 4.98 Å². The number of aromatic nitrogens is 2. The van der Waals surface area contributed by atoms with Crippen molar-refractivity contribution in [2.24, 2.45) is 0 Å². The summed E-state index contributed by atoms with van der Waals surface area (Å²) in [6.07, 6.45) is 5.18. The Kier molecular flexibility index (Phi) is 2.26. The summed E-state index contributed by atoms with van der Waals surface area (Å²) in [5.41, 5.74) is 2.86. The van der Waals surface area contributed by atoms with Gasteiger partial charge >= 0.3 is 0 Å². The molecule has 0 amide bonds. The second-order valence-corrected chi connectivity index (χ2v) is 4.43. The third kappa shape index (κ3) is 1.63. The summed E-state index contributed by atoms with van der Waals surface area (Å²) in [5, 5.41) is 0. The fourth-order valence-electron chi connectivity index (χ4n) is 1.63. The first-order valence-electron chi connectivity index (χ1n) is 4.95. The summed E-state index contributed by atoms with van der Waals surface area (Å²) < 4.78 is 2.92. The maximum Gasteiger partial charge on any atom is 0.138 e. The Balaban J connectivity index is 2.19. The minimum atomic E-state index is 0.874. The van der Waals surface area contributed by atoms with Crippen LogP contribution in [0.3, 0.4) is 0 Å². The van der Waals surface area contributed by atoms with Crippen molar-refractivity contribution >= 4 is 21.6 Å². The number of hydrogen-bond acceptors (Lipinski definition) is 1. The van der Waals surface area contributed by atoms with E-state index in [2.05, 4.69) is 27.1 Å². The zero-order chi connectivity index (χ0) is 11.0. The Morgan fingerprint density at radius 1 is 1.06 bits per heavy atom. The SMILES string of the molecule is Brc1ccc2nc(-c3ccccc3)[c]n2c1.